The van der Waals surface area contributed by atoms with Gasteiger partial charge in [0.25, 0.3) is 0 Å². The molecule has 0 radical (unpaired) electrons. The van der Waals surface area contributed by atoms with Crippen molar-refractivity contribution in [1.29, 1.82) is 0 Å². The van der Waals surface area contributed by atoms with E-state index >= 15 is 0 Å². The minimum absolute atomic E-state index is 0.545. The number of hydrogen-bond donors (Lipinski definition) is 0. The fourth-order valence-corrected chi connectivity index (χ4v) is 7.27. The Labute approximate surface area is 302 Å². The number of rotatable bonds is 8. The molecule has 52 heavy (non-hydrogen) atoms. The lowest BCUT2D eigenvalue weighted by Crippen LogP contribution is -2.05. The summed E-state index contributed by atoms with van der Waals surface area (Å²) in [6.07, 6.45) is 17.1. The van der Waals surface area contributed by atoms with Gasteiger partial charge in [0.15, 0.2) is 11.6 Å². The number of benzene rings is 6. The van der Waals surface area contributed by atoms with E-state index in [2.05, 4.69) is 128 Å². The lowest BCUT2D eigenvalue weighted by Gasteiger charge is -2.10. The summed E-state index contributed by atoms with van der Waals surface area (Å²) >= 11 is 0. The van der Waals surface area contributed by atoms with E-state index in [0.717, 1.165) is 68.2 Å². The monoisotopic (exact) mass is 669 g/mol. The van der Waals surface area contributed by atoms with Gasteiger partial charge >= 0.3 is 0 Å². The van der Waals surface area contributed by atoms with Gasteiger partial charge in [-0.2, -0.15) is 0 Å². The van der Waals surface area contributed by atoms with E-state index in [1.165, 1.54) is 21.5 Å². The van der Waals surface area contributed by atoms with Crippen LogP contribution in [0.15, 0.2) is 175 Å². The van der Waals surface area contributed by atoms with Crippen LogP contribution in [-0.2, 0) is 6.42 Å². The zero-order valence-corrected chi connectivity index (χ0v) is 28.7. The Bertz CT molecular complexity index is 2780. The Balaban J connectivity index is 1.16. The zero-order chi connectivity index (χ0) is 34.9. The number of fused-ring (bicyclic) bond motifs is 6. The number of allylic oxidation sites excluding steroid dienone is 9. The lowest BCUT2D eigenvalue weighted by atomic mass is 9.96. The van der Waals surface area contributed by atoms with Gasteiger partial charge in [0.2, 0.25) is 0 Å². The van der Waals surface area contributed by atoms with Gasteiger partial charge in [0, 0.05) is 33.9 Å². The largest absolute Gasteiger partial charge is 0.455 e. The highest BCUT2D eigenvalue weighted by Crippen LogP contribution is 2.41. The van der Waals surface area contributed by atoms with E-state index in [0.29, 0.717) is 23.9 Å². The molecule has 0 aliphatic heterocycles. The Morgan fingerprint density at radius 1 is 0.692 bits per heavy atom. The first kappa shape index (κ1) is 31.3. The first-order chi connectivity index (χ1) is 25.7. The molecule has 4 nitrogen and oxygen atoms in total. The van der Waals surface area contributed by atoms with Crippen molar-refractivity contribution in [3.05, 3.63) is 188 Å². The van der Waals surface area contributed by atoms with E-state index in [-0.39, 0.29) is 0 Å². The Morgan fingerprint density at radius 2 is 1.46 bits per heavy atom. The number of para-hydroxylation sites is 1. The molecule has 8 aromatic rings. The Hall–Kier alpha value is -6.65. The molecule has 0 spiro atoms. The van der Waals surface area contributed by atoms with Crippen LogP contribution >= 0.6 is 0 Å². The molecular weight excluding hydrogens is 635 g/mol. The van der Waals surface area contributed by atoms with Gasteiger partial charge in [0.05, 0.1) is 0 Å². The van der Waals surface area contributed by atoms with Crippen molar-refractivity contribution in [2.75, 3.05) is 0 Å². The van der Waals surface area contributed by atoms with Crippen molar-refractivity contribution >= 4 is 54.6 Å². The van der Waals surface area contributed by atoms with Crippen molar-refractivity contribution in [2.45, 2.75) is 19.3 Å². The van der Waals surface area contributed by atoms with E-state index in [1.54, 1.807) is 0 Å². The van der Waals surface area contributed by atoms with E-state index in [9.17, 15) is 0 Å². The molecule has 2 heterocycles. The second-order valence-corrected chi connectivity index (χ2v) is 13.1. The number of aromatic nitrogens is 3. The normalized spacial score (nSPS) is 13.5. The van der Waals surface area contributed by atoms with Crippen LogP contribution in [0.3, 0.4) is 0 Å². The minimum Gasteiger partial charge on any atom is -0.455 e. The quantitative estimate of drug-likeness (QED) is 0.119. The number of nitrogens with zero attached hydrogens (tertiary/aromatic N) is 3. The summed E-state index contributed by atoms with van der Waals surface area (Å²) in [7, 11) is 0. The summed E-state index contributed by atoms with van der Waals surface area (Å²) in [4.78, 5) is 15.2. The highest BCUT2D eigenvalue weighted by atomic mass is 16.3. The topological polar surface area (TPSA) is 51.8 Å². The summed E-state index contributed by atoms with van der Waals surface area (Å²) < 4.78 is 6.71. The smallest absolute Gasteiger partial charge is 0.164 e. The highest BCUT2D eigenvalue weighted by molar-refractivity contribution is 6.16. The fourth-order valence-electron chi connectivity index (χ4n) is 7.27. The summed E-state index contributed by atoms with van der Waals surface area (Å²) in [6.45, 7) is 3.92. The van der Waals surface area contributed by atoms with E-state index in [1.807, 2.05) is 42.5 Å². The van der Waals surface area contributed by atoms with Gasteiger partial charge in [-0.05, 0) is 63.2 Å². The highest BCUT2D eigenvalue weighted by Gasteiger charge is 2.19. The van der Waals surface area contributed by atoms with Gasteiger partial charge in [0.1, 0.15) is 17.0 Å². The maximum absolute atomic E-state index is 6.71. The third kappa shape index (κ3) is 5.84. The average molecular weight is 670 g/mol. The van der Waals surface area contributed by atoms with Gasteiger partial charge in [-0.3, -0.25) is 0 Å². The molecule has 4 heteroatoms. The molecule has 0 unspecified atom stereocenters. The number of furan rings is 1. The zero-order valence-electron chi connectivity index (χ0n) is 28.7. The molecule has 0 saturated heterocycles. The van der Waals surface area contributed by atoms with Gasteiger partial charge in [-0.1, -0.05) is 158 Å². The van der Waals surface area contributed by atoms with E-state index < -0.39 is 0 Å². The van der Waals surface area contributed by atoms with Crippen LogP contribution in [0.1, 0.15) is 30.1 Å². The molecular formula is C48H35N3O. The number of hydrogen-bond acceptors (Lipinski definition) is 4. The molecule has 0 N–H and O–H groups in total. The fraction of sp³-hybridized carbons (Fsp3) is 0.0625. The molecule has 6 aromatic carbocycles. The molecule has 0 amide bonds. The predicted octanol–water partition coefficient (Wildman–Crippen LogP) is 12.5. The summed E-state index contributed by atoms with van der Waals surface area (Å²) in [5.41, 5.74) is 7.96. The molecule has 0 bridgehead atoms. The molecule has 1 aliphatic carbocycles. The van der Waals surface area contributed by atoms with Gasteiger partial charge in [-0.15, -0.1) is 0 Å². The van der Waals surface area contributed by atoms with Crippen LogP contribution in [0.5, 0.6) is 0 Å². The first-order valence-electron chi connectivity index (χ1n) is 17.8. The van der Waals surface area contributed by atoms with Gasteiger partial charge in [-0.25, -0.2) is 15.0 Å². The van der Waals surface area contributed by atoms with Crippen LogP contribution in [-0.4, -0.2) is 15.0 Å². The minimum atomic E-state index is 0.545. The molecule has 0 saturated carbocycles. The molecule has 9 rings (SSSR count). The summed E-state index contributed by atoms with van der Waals surface area (Å²) in [6, 6.07) is 42.5. The second-order valence-electron chi connectivity index (χ2n) is 13.1. The maximum Gasteiger partial charge on any atom is 0.164 e. The van der Waals surface area contributed by atoms with Gasteiger partial charge < -0.3 is 4.42 Å². The van der Waals surface area contributed by atoms with Crippen molar-refractivity contribution in [1.82, 2.24) is 15.0 Å². The van der Waals surface area contributed by atoms with Crippen molar-refractivity contribution in [2.24, 2.45) is 0 Å². The molecule has 0 atom stereocenters. The molecule has 1 aliphatic rings. The van der Waals surface area contributed by atoms with Crippen molar-refractivity contribution in [3.63, 3.8) is 0 Å². The lowest BCUT2D eigenvalue weighted by molar-refractivity contribution is 0.670. The Kier molecular flexibility index (Phi) is 8.18. The van der Waals surface area contributed by atoms with Crippen LogP contribution in [0.2, 0.25) is 0 Å². The van der Waals surface area contributed by atoms with Crippen molar-refractivity contribution in [3.8, 4) is 22.5 Å². The molecule has 2 aromatic heterocycles. The second kappa shape index (κ2) is 13.6. The predicted molar refractivity (Wildman–Crippen MR) is 217 cm³/mol. The third-order valence-electron chi connectivity index (χ3n) is 9.76. The SMILES string of the molecule is C=C/C=C(\C=C/Cc1nc(C2=CCCC=C2)nc(-c2cccc3oc4c(-c5ccc6ccc7ccccc7c6c5)cccc4c23)n1)c1ccccc1. The van der Waals surface area contributed by atoms with Crippen LogP contribution < -0.4 is 0 Å². The maximum atomic E-state index is 6.71. The van der Waals surface area contributed by atoms with Crippen LogP contribution in [0.4, 0.5) is 0 Å². The third-order valence-corrected chi connectivity index (χ3v) is 9.76. The molecule has 248 valence electrons. The van der Waals surface area contributed by atoms with Crippen LogP contribution in [0.25, 0.3) is 77.1 Å². The summed E-state index contributed by atoms with van der Waals surface area (Å²) in [5, 5.41) is 6.95. The average Bonchev–Trinajstić information content (AvgIpc) is 3.60. The Morgan fingerprint density at radius 3 is 2.33 bits per heavy atom. The molecule has 0 fully saturated rings. The standard InChI is InChI=1S/C48H35N3O/c1-2-14-32(33-15-5-3-6-16-33)20-11-26-44-49-47(36-18-7-4-8-19-36)51-48(50-44)41-24-13-25-43-45(41)40-23-12-22-39(46(40)52-43)37-30-29-35-28-27-34-17-9-10-21-38(34)42(35)31-37/h2-3,5-7,9-25,27-31H,1,4,8,26H2/b20-11-,32-14+. The van der Waals surface area contributed by atoms with Crippen LogP contribution in [0, 0.1) is 0 Å². The van der Waals surface area contributed by atoms with E-state index in [4.69, 9.17) is 19.4 Å². The first-order valence-corrected chi connectivity index (χ1v) is 17.8. The van der Waals surface area contributed by atoms with Crippen molar-refractivity contribution < 1.29 is 4.42 Å². The summed E-state index contributed by atoms with van der Waals surface area (Å²) in [5.74, 6) is 2.02.